The van der Waals surface area contributed by atoms with Gasteiger partial charge in [0, 0.05) is 12.5 Å². The topological polar surface area (TPSA) is 69.1 Å². The summed E-state index contributed by atoms with van der Waals surface area (Å²) in [4.78, 5) is 10.5. The number of carbonyl (C=O) groups is 1. The zero-order valence-corrected chi connectivity index (χ0v) is 10.3. The molecule has 0 aromatic heterocycles. The van der Waals surface area contributed by atoms with E-state index in [2.05, 4.69) is 0 Å². The van der Waals surface area contributed by atoms with Gasteiger partial charge in [-0.15, -0.1) is 0 Å². The predicted octanol–water partition coefficient (Wildman–Crippen LogP) is 2.13. The van der Waals surface area contributed by atoms with Gasteiger partial charge >= 0.3 is 0 Å². The summed E-state index contributed by atoms with van der Waals surface area (Å²) in [6.07, 6.45) is 6.85. The Morgan fingerprint density at radius 3 is 2.27 bits per heavy atom. The number of nitrogens with two attached hydrogens (primary N) is 2. The molecule has 0 aromatic rings. The maximum absolute atomic E-state index is 10.5. The van der Waals surface area contributed by atoms with Gasteiger partial charge in [-0.3, -0.25) is 4.79 Å². The van der Waals surface area contributed by atoms with Crippen LogP contribution in [0.1, 0.15) is 40.5 Å². The van der Waals surface area contributed by atoms with Crippen molar-refractivity contribution in [1.82, 2.24) is 0 Å². The second-order valence-corrected chi connectivity index (χ2v) is 3.17. The monoisotopic (exact) mass is 212 g/mol. The van der Waals surface area contributed by atoms with Gasteiger partial charge in [0.25, 0.3) is 0 Å². The highest BCUT2D eigenvalue weighted by Crippen LogP contribution is 2.05. The van der Waals surface area contributed by atoms with Gasteiger partial charge in [-0.2, -0.15) is 0 Å². The molecule has 0 radical (unpaired) electrons. The molecular formula is C12H24N2O. The molecule has 0 bridgehead atoms. The van der Waals surface area contributed by atoms with Crippen molar-refractivity contribution in [2.45, 2.75) is 46.6 Å². The molecule has 3 heteroatoms. The summed E-state index contributed by atoms with van der Waals surface area (Å²) in [6, 6.07) is -0.154. The van der Waals surface area contributed by atoms with Crippen LogP contribution >= 0.6 is 0 Å². The van der Waals surface area contributed by atoms with Crippen LogP contribution in [-0.4, -0.2) is 11.9 Å². The van der Waals surface area contributed by atoms with Crippen LogP contribution in [-0.2, 0) is 4.79 Å². The number of allylic oxidation sites excluding steroid dienone is 3. The molecule has 3 nitrogen and oxygen atoms in total. The molecule has 0 saturated heterocycles. The van der Waals surface area contributed by atoms with E-state index < -0.39 is 0 Å². The molecule has 0 spiro atoms. The Bertz CT molecular complexity index is 220. The van der Waals surface area contributed by atoms with E-state index in [4.69, 9.17) is 11.5 Å². The van der Waals surface area contributed by atoms with Crippen molar-refractivity contribution < 1.29 is 4.79 Å². The number of amides is 1. The van der Waals surface area contributed by atoms with Crippen molar-refractivity contribution >= 4 is 5.91 Å². The Balaban J connectivity index is 0. The molecule has 0 heterocycles. The summed E-state index contributed by atoms with van der Waals surface area (Å²) in [5, 5.41) is 0. The Labute approximate surface area is 93.2 Å². The van der Waals surface area contributed by atoms with E-state index in [1.54, 1.807) is 0 Å². The highest BCUT2D eigenvalue weighted by atomic mass is 16.1. The normalized spacial score (nSPS) is 13.3. The molecule has 0 rings (SSSR count). The van der Waals surface area contributed by atoms with E-state index in [1.165, 1.54) is 0 Å². The first-order chi connectivity index (χ1) is 7.06. The van der Waals surface area contributed by atoms with Crippen LogP contribution in [0.5, 0.6) is 0 Å². The minimum absolute atomic E-state index is 0.154. The lowest BCUT2D eigenvalue weighted by atomic mass is 10.1. The lowest BCUT2D eigenvalue weighted by Crippen LogP contribution is -2.27. The lowest BCUT2D eigenvalue weighted by Gasteiger charge is -2.08. The summed E-state index contributed by atoms with van der Waals surface area (Å²) < 4.78 is 0. The molecule has 4 N–H and O–H groups in total. The van der Waals surface area contributed by atoms with Gasteiger partial charge < -0.3 is 11.5 Å². The number of hydrogen-bond acceptors (Lipinski definition) is 2. The number of rotatable bonds is 5. The van der Waals surface area contributed by atoms with E-state index in [0.717, 1.165) is 5.57 Å². The van der Waals surface area contributed by atoms with Crippen molar-refractivity contribution in [2.75, 3.05) is 0 Å². The van der Waals surface area contributed by atoms with Crippen LogP contribution in [0.25, 0.3) is 0 Å². The Hall–Kier alpha value is -1.09. The summed E-state index contributed by atoms with van der Waals surface area (Å²) in [5.74, 6) is -0.341. The molecular weight excluding hydrogens is 188 g/mol. The molecule has 0 aliphatic rings. The highest BCUT2D eigenvalue weighted by molar-refractivity contribution is 5.74. The number of primary amides is 1. The summed E-state index contributed by atoms with van der Waals surface area (Å²) in [6.45, 7) is 7.94. The van der Waals surface area contributed by atoms with Gasteiger partial charge in [0.1, 0.15) is 0 Å². The number of carbonyl (C=O) groups excluding carboxylic acids is 1. The smallest absolute Gasteiger partial charge is 0.218 e. The first-order valence-corrected chi connectivity index (χ1v) is 5.38. The van der Waals surface area contributed by atoms with Crippen molar-refractivity contribution in [3.05, 3.63) is 23.8 Å². The SMILES string of the molecule is C/C=C\C=C(/C)CC(N)CC(N)=O.CC. The van der Waals surface area contributed by atoms with Crippen LogP contribution in [0.15, 0.2) is 23.8 Å². The van der Waals surface area contributed by atoms with Gasteiger partial charge in [0.05, 0.1) is 0 Å². The van der Waals surface area contributed by atoms with E-state index >= 15 is 0 Å². The van der Waals surface area contributed by atoms with Gasteiger partial charge in [-0.1, -0.05) is 37.6 Å². The minimum Gasteiger partial charge on any atom is -0.370 e. The molecule has 0 aromatic carbocycles. The molecule has 0 fully saturated rings. The van der Waals surface area contributed by atoms with Crippen LogP contribution in [0.2, 0.25) is 0 Å². The second kappa shape index (κ2) is 11.0. The zero-order chi connectivity index (χ0) is 12.3. The molecule has 1 unspecified atom stereocenters. The molecule has 15 heavy (non-hydrogen) atoms. The van der Waals surface area contributed by atoms with Crippen molar-refractivity contribution in [3.63, 3.8) is 0 Å². The minimum atomic E-state index is -0.341. The molecule has 88 valence electrons. The molecule has 0 saturated carbocycles. The molecule has 0 aliphatic heterocycles. The van der Waals surface area contributed by atoms with Crippen LogP contribution < -0.4 is 11.5 Å². The molecule has 0 aliphatic carbocycles. The van der Waals surface area contributed by atoms with E-state index in [0.29, 0.717) is 6.42 Å². The second-order valence-electron chi connectivity index (χ2n) is 3.17. The predicted molar refractivity (Wildman–Crippen MR) is 66.3 cm³/mol. The van der Waals surface area contributed by atoms with E-state index in [9.17, 15) is 4.79 Å². The fourth-order valence-corrected chi connectivity index (χ4v) is 1.07. The highest BCUT2D eigenvalue weighted by Gasteiger charge is 2.06. The standard InChI is InChI=1S/C10H18N2O.C2H6/c1-3-4-5-8(2)6-9(11)7-10(12)13;1-2/h3-5,9H,6-7,11H2,1-2H3,(H2,12,13);1-2H3/b4-3-,8-5+;. The third-order valence-corrected chi connectivity index (χ3v) is 1.62. The van der Waals surface area contributed by atoms with Crippen molar-refractivity contribution in [2.24, 2.45) is 11.5 Å². The average Bonchev–Trinajstić information content (AvgIpc) is 2.16. The maximum Gasteiger partial charge on any atom is 0.218 e. The van der Waals surface area contributed by atoms with Crippen LogP contribution in [0.4, 0.5) is 0 Å². The average molecular weight is 212 g/mol. The van der Waals surface area contributed by atoms with Gasteiger partial charge in [-0.05, 0) is 20.3 Å². The molecule has 1 amide bonds. The van der Waals surface area contributed by atoms with Crippen molar-refractivity contribution in [3.8, 4) is 0 Å². The van der Waals surface area contributed by atoms with Crippen LogP contribution in [0.3, 0.4) is 0 Å². The Morgan fingerprint density at radius 2 is 1.87 bits per heavy atom. The van der Waals surface area contributed by atoms with Gasteiger partial charge in [0.15, 0.2) is 0 Å². The Kier molecular flexibility index (Phi) is 12.0. The first kappa shape index (κ1) is 16.3. The summed E-state index contributed by atoms with van der Waals surface area (Å²) in [5.41, 5.74) is 11.9. The maximum atomic E-state index is 10.5. The number of hydrogen-bond donors (Lipinski definition) is 2. The zero-order valence-electron chi connectivity index (χ0n) is 10.3. The lowest BCUT2D eigenvalue weighted by molar-refractivity contribution is -0.118. The third-order valence-electron chi connectivity index (χ3n) is 1.62. The van der Waals surface area contributed by atoms with Gasteiger partial charge in [0.2, 0.25) is 5.91 Å². The Morgan fingerprint density at radius 1 is 1.33 bits per heavy atom. The van der Waals surface area contributed by atoms with Crippen LogP contribution in [0, 0.1) is 0 Å². The van der Waals surface area contributed by atoms with Crippen molar-refractivity contribution in [1.29, 1.82) is 0 Å². The van der Waals surface area contributed by atoms with Gasteiger partial charge in [-0.25, -0.2) is 0 Å². The third kappa shape index (κ3) is 12.9. The largest absolute Gasteiger partial charge is 0.370 e. The summed E-state index contributed by atoms with van der Waals surface area (Å²) >= 11 is 0. The summed E-state index contributed by atoms with van der Waals surface area (Å²) in [7, 11) is 0. The van der Waals surface area contributed by atoms with E-state index in [-0.39, 0.29) is 18.4 Å². The quantitative estimate of drug-likeness (QED) is 0.685. The molecule has 1 atom stereocenters. The first-order valence-electron chi connectivity index (χ1n) is 5.38. The van der Waals surface area contributed by atoms with E-state index in [1.807, 2.05) is 45.9 Å². The fourth-order valence-electron chi connectivity index (χ4n) is 1.07. The fraction of sp³-hybridized carbons (Fsp3) is 0.583.